The van der Waals surface area contributed by atoms with Crippen LogP contribution in [-0.2, 0) is 25.5 Å². The number of esters is 1. The normalized spacial score (nSPS) is 25.2. The molecule has 3 aromatic carbocycles. The van der Waals surface area contributed by atoms with Crippen molar-refractivity contribution in [2.75, 3.05) is 13.7 Å². The van der Waals surface area contributed by atoms with Crippen LogP contribution in [-0.4, -0.2) is 41.9 Å². The molecular formula is C29H27FN2O4. The lowest BCUT2D eigenvalue weighted by Gasteiger charge is -2.32. The molecule has 0 bridgehead atoms. The van der Waals surface area contributed by atoms with Crippen LogP contribution in [0.5, 0.6) is 0 Å². The summed E-state index contributed by atoms with van der Waals surface area (Å²) in [6.07, 6.45) is 0.211. The molecule has 2 aliphatic rings. The lowest BCUT2D eigenvalue weighted by atomic mass is 9.76. The molecule has 6 nitrogen and oxygen atoms in total. The highest BCUT2D eigenvalue weighted by Crippen LogP contribution is 2.50. The first-order valence-corrected chi connectivity index (χ1v) is 12.0. The van der Waals surface area contributed by atoms with Crippen LogP contribution >= 0.6 is 0 Å². The number of carbonyl (C=O) groups is 3. The van der Waals surface area contributed by atoms with E-state index in [0.717, 1.165) is 22.3 Å². The van der Waals surface area contributed by atoms with Gasteiger partial charge in [-0.15, -0.1) is 0 Å². The maximum absolute atomic E-state index is 13.5. The van der Waals surface area contributed by atoms with Crippen molar-refractivity contribution in [3.8, 4) is 11.1 Å². The van der Waals surface area contributed by atoms with Crippen LogP contribution in [0.1, 0.15) is 24.1 Å². The maximum atomic E-state index is 13.5. The smallest absolute Gasteiger partial charge is 0.327 e. The van der Waals surface area contributed by atoms with E-state index < -0.39 is 29.4 Å². The molecule has 36 heavy (non-hydrogen) atoms. The van der Waals surface area contributed by atoms with Crippen LogP contribution in [0.2, 0.25) is 0 Å². The summed E-state index contributed by atoms with van der Waals surface area (Å²) >= 11 is 0. The van der Waals surface area contributed by atoms with Crippen LogP contribution in [0.4, 0.5) is 4.39 Å². The van der Waals surface area contributed by atoms with Crippen LogP contribution in [0.3, 0.4) is 0 Å². The zero-order valence-corrected chi connectivity index (χ0v) is 20.1. The van der Waals surface area contributed by atoms with Crippen molar-refractivity contribution in [3.05, 3.63) is 95.8 Å². The summed E-state index contributed by atoms with van der Waals surface area (Å²) < 4.78 is 18.6. The number of methoxy groups -OCH3 is 1. The van der Waals surface area contributed by atoms with Gasteiger partial charge in [-0.05, 0) is 41.3 Å². The fraction of sp³-hybridized carbons (Fsp3) is 0.276. The minimum Gasteiger partial charge on any atom is -0.468 e. The molecule has 2 heterocycles. The van der Waals surface area contributed by atoms with Gasteiger partial charge in [-0.1, -0.05) is 66.7 Å². The Morgan fingerprint density at radius 3 is 2.14 bits per heavy atom. The topological polar surface area (TPSA) is 75.7 Å². The third-order valence-electron chi connectivity index (χ3n) is 7.38. The Bertz CT molecular complexity index is 1290. The van der Waals surface area contributed by atoms with Crippen LogP contribution in [0.15, 0.2) is 78.9 Å². The second-order valence-corrected chi connectivity index (χ2v) is 9.30. The fourth-order valence-corrected chi connectivity index (χ4v) is 5.71. The number of nitrogens with one attached hydrogen (secondary N) is 1. The van der Waals surface area contributed by atoms with Crippen molar-refractivity contribution in [3.63, 3.8) is 0 Å². The Morgan fingerprint density at radius 1 is 0.944 bits per heavy atom. The number of likely N-dealkylation sites (tertiary alicyclic amines) is 1. The number of fused-ring (bicyclic) bond motifs is 1. The van der Waals surface area contributed by atoms with E-state index >= 15 is 0 Å². The van der Waals surface area contributed by atoms with Gasteiger partial charge in [0.1, 0.15) is 11.4 Å². The van der Waals surface area contributed by atoms with Gasteiger partial charge in [-0.2, -0.15) is 0 Å². The third-order valence-corrected chi connectivity index (χ3v) is 7.38. The lowest BCUT2D eigenvalue weighted by molar-refractivity contribution is -0.154. The van der Waals surface area contributed by atoms with Crippen molar-refractivity contribution in [2.24, 2.45) is 11.8 Å². The number of nitrogens with zero attached hydrogens (tertiary/aromatic N) is 1. The first kappa shape index (κ1) is 23.9. The zero-order chi connectivity index (χ0) is 25.4. The van der Waals surface area contributed by atoms with E-state index in [0.29, 0.717) is 0 Å². The van der Waals surface area contributed by atoms with Gasteiger partial charge in [-0.3, -0.25) is 24.6 Å². The Balaban J connectivity index is 1.57. The van der Waals surface area contributed by atoms with E-state index in [4.69, 9.17) is 4.74 Å². The highest BCUT2D eigenvalue weighted by molar-refractivity contribution is 6.09. The molecule has 2 amide bonds. The van der Waals surface area contributed by atoms with E-state index in [1.807, 2.05) is 54.6 Å². The minimum atomic E-state index is -1.39. The molecular weight excluding hydrogens is 459 g/mol. The molecule has 1 N–H and O–H groups in total. The van der Waals surface area contributed by atoms with Crippen molar-refractivity contribution >= 4 is 17.8 Å². The maximum Gasteiger partial charge on any atom is 0.327 e. The van der Waals surface area contributed by atoms with Gasteiger partial charge in [0, 0.05) is 19.0 Å². The summed E-state index contributed by atoms with van der Waals surface area (Å²) in [5.41, 5.74) is 2.00. The molecule has 0 spiro atoms. The molecule has 0 unspecified atom stereocenters. The monoisotopic (exact) mass is 486 g/mol. The van der Waals surface area contributed by atoms with Gasteiger partial charge < -0.3 is 4.74 Å². The minimum absolute atomic E-state index is 0.211. The summed E-state index contributed by atoms with van der Waals surface area (Å²) in [6.45, 7) is 2.00. The average molecular weight is 487 g/mol. The molecule has 0 saturated carbocycles. The van der Waals surface area contributed by atoms with E-state index in [2.05, 4.69) is 5.32 Å². The standard InChI is InChI=1S/C29H27FN2O4/c1-3-32-26(33)23-24(27(32)34)29(28(35)36-2,17-18-7-5-4-6-8-18)31-25(23)21-11-9-19(10-12-21)20-13-15-22(30)16-14-20/h4-16,23-25,31H,3,17H2,1-2H3/t23-,24-,25-,29-/m1/s1. The van der Waals surface area contributed by atoms with E-state index in [9.17, 15) is 18.8 Å². The second-order valence-electron chi connectivity index (χ2n) is 9.30. The van der Waals surface area contributed by atoms with Gasteiger partial charge in [0.25, 0.3) is 0 Å². The summed E-state index contributed by atoms with van der Waals surface area (Å²) in [7, 11) is 1.30. The molecule has 0 aliphatic carbocycles. The molecule has 2 aliphatic heterocycles. The highest BCUT2D eigenvalue weighted by atomic mass is 19.1. The Kier molecular flexibility index (Phi) is 6.18. The largest absolute Gasteiger partial charge is 0.468 e. The van der Waals surface area contributed by atoms with E-state index in [1.54, 1.807) is 19.1 Å². The molecule has 4 atom stereocenters. The molecule has 2 saturated heterocycles. The zero-order valence-electron chi connectivity index (χ0n) is 20.1. The van der Waals surface area contributed by atoms with E-state index in [-0.39, 0.29) is 30.6 Å². The molecule has 0 aromatic heterocycles. The summed E-state index contributed by atoms with van der Waals surface area (Å²) in [6, 6.07) is 22.6. The van der Waals surface area contributed by atoms with Crippen molar-refractivity contribution < 1.29 is 23.5 Å². The van der Waals surface area contributed by atoms with Gasteiger partial charge in [0.05, 0.1) is 18.9 Å². The number of rotatable bonds is 6. The number of halogens is 1. The molecule has 3 aromatic rings. The summed E-state index contributed by atoms with van der Waals surface area (Å²) in [5, 5.41) is 3.40. The van der Waals surface area contributed by atoms with Gasteiger partial charge in [0.2, 0.25) is 11.8 Å². The number of ether oxygens (including phenoxy) is 1. The van der Waals surface area contributed by atoms with Gasteiger partial charge in [-0.25, -0.2) is 4.39 Å². The quantitative estimate of drug-likeness (QED) is 0.422. The molecule has 5 rings (SSSR count). The first-order chi connectivity index (χ1) is 17.4. The van der Waals surface area contributed by atoms with Crippen molar-refractivity contribution in [1.82, 2.24) is 10.2 Å². The number of hydrogen-bond acceptors (Lipinski definition) is 5. The molecule has 7 heteroatoms. The molecule has 2 fully saturated rings. The molecule has 184 valence electrons. The fourth-order valence-electron chi connectivity index (χ4n) is 5.71. The number of amides is 2. The van der Waals surface area contributed by atoms with Gasteiger partial charge >= 0.3 is 5.97 Å². The first-order valence-electron chi connectivity index (χ1n) is 12.0. The molecule has 0 radical (unpaired) electrons. The average Bonchev–Trinajstić information content (AvgIpc) is 3.38. The van der Waals surface area contributed by atoms with Crippen LogP contribution < -0.4 is 5.32 Å². The Labute approximate surface area is 209 Å². The Morgan fingerprint density at radius 2 is 1.56 bits per heavy atom. The van der Waals surface area contributed by atoms with Crippen molar-refractivity contribution in [2.45, 2.75) is 24.9 Å². The van der Waals surface area contributed by atoms with Gasteiger partial charge in [0.15, 0.2) is 0 Å². The van der Waals surface area contributed by atoms with Crippen LogP contribution in [0.25, 0.3) is 11.1 Å². The number of carbonyl (C=O) groups excluding carboxylic acids is 3. The summed E-state index contributed by atoms with van der Waals surface area (Å²) in [4.78, 5) is 41.6. The lowest BCUT2D eigenvalue weighted by Crippen LogP contribution is -2.57. The summed E-state index contributed by atoms with van der Waals surface area (Å²) in [5.74, 6) is -3.14. The van der Waals surface area contributed by atoms with Crippen molar-refractivity contribution in [1.29, 1.82) is 0 Å². The highest BCUT2D eigenvalue weighted by Gasteiger charge is 2.68. The number of hydrogen-bond donors (Lipinski definition) is 1. The number of benzene rings is 3. The number of imide groups is 1. The predicted octanol–water partition coefficient (Wildman–Crippen LogP) is 3.91. The second kappa shape index (κ2) is 9.32. The SMILES string of the molecule is CCN1C(=O)[C@H]2[C@@H](c3ccc(-c4ccc(F)cc4)cc3)N[C@@](Cc3ccccc3)(C(=O)OC)[C@H]2C1=O. The predicted molar refractivity (Wildman–Crippen MR) is 132 cm³/mol. The Hall–Kier alpha value is -3.84. The van der Waals surface area contributed by atoms with Crippen LogP contribution in [0, 0.1) is 17.7 Å². The van der Waals surface area contributed by atoms with E-state index in [1.165, 1.54) is 24.1 Å². The third kappa shape index (κ3) is 3.80.